The van der Waals surface area contributed by atoms with Crippen molar-refractivity contribution in [2.45, 2.75) is 0 Å². The molecule has 132 valence electrons. The molecule has 5 rings (SSSR count). The van der Waals surface area contributed by atoms with E-state index in [9.17, 15) is 9.18 Å². The van der Waals surface area contributed by atoms with Gasteiger partial charge in [0.05, 0.1) is 29.1 Å². The Kier molecular flexibility index (Phi) is 3.27. The van der Waals surface area contributed by atoms with Gasteiger partial charge >= 0.3 is 0 Å². The fourth-order valence-corrected chi connectivity index (χ4v) is 3.62. The third-order valence-corrected chi connectivity index (χ3v) is 4.80. The summed E-state index contributed by atoms with van der Waals surface area (Å²) in [5.74, 6) is 0.922. The highest BCUT2D eigenvalue weighted by atomic mass is 19.1. The summed E-state index contributed by atoms with van der Waals surface area (Å²) in [6.07, 6.45) is 1.58. The molecule has 6 heteroatoms. The Morgan fingerprint density at radius 1 is 1.04 bits per heavy atom. The average molecular weight is 359 g/mol. The molecule has 0 saturated heterocycles. The molecule has 0 aliphatic heterocycles. The highest BCUT2D eigenvalue weighted by Gasteiger charge is 2.17. The van der Waals surface area contributed by atoms with Crippen LogP contribution >= 0.6 is 0 Å². The molecule has 2 N–H and O–H groups in total. The molecule has 0 bridgehead atoms. The molecule has 0 aliphatic rings. The Morgan fingerprint density at radius 2 is 1.89 bits per heavy atom. The van der Waals surface area contributed by atoms with Crippen LogP contribution in [0.2, 0.25) is 0 Å². The molecule has 5 aromatic rings. The predicted octanol–water partition coefficient (Wildman–Crippen LogP) is 4.37. The second kappa shape index (κ2) is 5.67. The molecule has 0 atom stereocenters. The largest absolute Gasteiger partial charge is 0.496 e. The highest BCUT2D eigenvalue weighted by molar-refractivity contribution is 6.23. The van der Waals surface area contributed by atoms with Gasteiger partial charge in [0.1, 0.15) is 17.4 Å². The molecular weight excluding hydrogens is 345 g/mol. The number of hydrogen-bond acceptors (Lipinski definition) is 3. The molecular formula is C21H14FN3O2. The lowest BCUT2D eigenvalue weighted by atomic mass is 10.0. The predicted molar refractivity (Wildman–Crippen MR) is 104 cm³/mol. The Balaban J connectivity index is 1.98. The van der Waals surface area contributed by atoms with Crippen LogP contribution in [0.3, 0.4) is 0 Å². The number of aromatic nitrogens is 3. The number of rotatable bonds is 2. The van der Waals surface area contributed by atoms with Gasteiger partial charge in [0.2, 0.25) is 0 Å². The van der Waals surface area contributed by atoms with E-state index in [1.807, 2.05) is 24.3 Å². The van der Waals surface area contributed by atoms with Crippen LogP contribution in [-0.2, 0) is 0 Å². The number of nitrogens with zero attached hydrogens (tertiary/aromatic N) is 1. The summed E-state index contributed by atoms with van der Waals surface area (Å²) >= 11 is 0. The van der Waals surface area contributed by atoms with Crippen molar-refractivity contribution >= 4 is 32.6 Å². The lowest BCUT2D eigenvalue weighted by molar-refractivity contribution is 0.416. The zero-order valence-electron chi connectivity index (χ0n) is 14.3. The molecule has 0 saturated carbocycles. The summed E-state index contributed by atoms with van der Waals surface area (Å²) in [5.41, 5.74) is 1.96. The normalized spacial score (nSPS) is 11.5. The van der Waals surface area contributed by atoms with E-state index in [1.165, 1.54) is 12.1 Å². The standard InChI is InChI=1S/C21H14FN3O2/c1-27-16-5-3-2-4-13(16)20-24-18-12-7-6-11(22)10-15(12)17-14(19(18)25-20)8-9-23-21(17)26/h2-10H,1H3,(H,23,26)(H,24,25). The maximum absolute atomic E-state index is 13.9. The molecule has 0 spiro atoms. The minimum absolute atomic E-state index is 0.271. The summed E-state index contributed by atoms with van der Waals surface area (Å²) in [5, 5.41) is 2.39. The summed E-state index contributed by atoms with van der Waals surface area (Å²) in [6, 6.07) is 13.8. The SMILES string of the molecule is COc1ccccc1-c1nc2c3cc[nH]c(=O)c3c3cc(F)ccc3c2[nH]1. The van der Waals surface area contributed by atoms with Crippen LogP contribution in [0.5, 0.6) is 5.75 Å². The zero-order valence-corrected chi connectivity index (χ0v) is 14.3. The maximum atomic E-state index is 13.9. The first-order chi connectivity index (χ1) is 13.2. The van der Waals surface area contributed by atoms with Gasteiger partial charge in [-0.15, -0.1) is 0 Å². The van der Waals surface area contributed by atoms with Crippen LogP contribution in [0, 0.1) is 5.82 Å². The van der Waals surface area contributed by atoms with Gasteiger partial charge in [-0.25, -0.2) is 9.37 Å². The summed E-state index contributed by atoms with van der Waals surface area (Å²) in [4.78, 5) is 23.2. The molecule has 27 heavy (non-hydrogen) atoms. The molecule has 0 aliphatic carbocycles. The Bertz CT molecular complexity index is 1400. The second-order valence-corrected chi connectivity index (χ2v) is 6.29. The van der Waals surface area contributed by atoms with Gasteiger partial charge in [-0.2, -0.15) is 0 Å². The van der Waals surface area contributed by atoms with Gasteiger partial charge in [-0.1, -0.05) is 12.1 Å². The van der Waals surface area contributed by atoms with Gasteiger partial charge in [0.25, 0.3) is 5.56 Å². The molecule has 2 aromatic heterocycles. The number of nitrogens with one attached hydrogen (secondary N) is 2. The van der Waals surface area contributed by atoms with Crippen molar-refractivity contribution in [2.24, 2.45) is 0 Å². The van der Waals surface area contributed by atoms with Crippen molar-refractivity contribution in [3.05, 3.63) is 70.9 Å². The molecule has 0 amide bonds. The molecule has 3 aromatic carbocycles. The van der Waals surface area contributed by atoms with Crippen LogP contribution < -0.4 is 10.3 Å². The van der Waals surface area contributed by atoms with Crippen molar-refractivity contribution in [3.8, 4) is 17.1 Å². The number of para-hydroxylation sites is 1. The third-order valence-electron chi connectivity index (χ3n) is 4.80. The first-order valence-electron chi connectivity index (χ1n) is 8.43. The highest BCUT2D eigenvalue weighted by Crippen LogP contribution is 2.35. The molecule has 0 radical (unpaired) electrons. The van der Waals surface area contributed by atoms with E-state index >= 15 is 0 Å². The Morgan fingerprint density at radius 3 is 2.74 bits per heavy atom. The first kappa shape index (κ1) is 15.6. The second-order valence-electron chi connectivity index (χ2n) is 6.29. The smallest absolute Gasteiger partial charge is 0.256 e. The lowest BCUT2D eigenvalue weighted by Crippen LogP contribution is -2.05. The van der Waals surface area contributed by atoms with E-state index in [1.54, 1.807) is 25.4 Å². The molecule has 2 heterocycles. The number of imidazole rings is 1. The maximum Gasteiger partial charge on any atom is 0.256 e. The quantitative estimate of drug-likeness (QED) is 0.460. The summed E-state index contributed by atoms with van der Waals surface area (Å²) < 4.78 is 19.4. The van der Waals surface area contributed by atoms with E-state index in [4.69, 9.17) is 9.72 Å². The molecule has 0 fully saturated rings. The van der Waals surface area contributed by atoms with Crippen LogP contribution in [0.4, 0.5) is 4.39 Å². The molecule has 5 nitrogen and oxygen atoms in total. The number of pyridine rings is 1. The van der Waals surface area contributed by atoms with E-state index in [0.29, 0.717) is 33.2 Å². The number of ether oxygens (including phenoxy) is 1. The number of aromatic amines is 2. The Hall–Kier alpha value is -3.67. The van der Waals surface area contributed by atoms with Crippen LogP contribution in [0.1, 0.15) is 0 Å². The number of fused-ring (bicyclic) bond motifs is 6. The number of methoxy groups -OCH3 is 1. The first-order valence-corrected chi connectivity index (χ1v) is 8.43. The topological polar surface area (TPSA) is 70.8 Å². The fourth-order valence-electron chi connectivity index (χ4n) is 3.62. The minimum Gasteiger partial charge on any atom is -0.496 e. The van der Waals surface area contributed by atoms with Crippen molar-refractivity contribution in [1.29, 1.82) is 0 Å². The number of hydrogen-bond donors (Lipinski definition) is 2. The van der Waals surface area contributed by atoms with Crippen molar-refractivity contribution in [3.63, 3.8) is 0 Å². The zero-order chi connectivity index (χ0) is 18.5. The van der Waals surface area contributed by atoms with Crippen molar-refractivity contribution < 1.29 is 9.13 Å². The van der Waals surface area contributed by atoms with Gasteiger partial charge < -0.3 is 14.7 Å². The summed E-state index contributed by atoms with van der Waals surface area (Å²) in [6.45, 7) is 0. The van der Waals surface area contributed by atoms with E-state index in [-0.39, 0.29) is 5.56 Å². The van der Waals surface area contributed by atoms with Crippen LogP contribution in [0.15, 0.2) is 59.5 Å². The Labute approximate surface area is 152 Å². The minimum atomic E-state index is -0.393. The van der Waals surface area contributed by atoms with E-state index in [2.05, 4.69) is 9.97 Å². The molecule has 0 unspecified atom stereocenters. The van der Waals surface area contributed by atoms with Crippen molar-refractivity contribution in [1.82, 2.24) is 15.0 Å². The van der Waals surface area contributed by atoms with Gasteiger partial charge in [-0.05, 0) is 36.4 Å². The van der Waals surface area contributed by atoms with Crippen molar-refractivity contribution in [2.75, 3.05) is 7.11 Å². The summed E-state index contributed by atoms with van der Waals surface area (Å²) in [7, 11) is 1.61. The number of H-pyrrole nitrogens is 2. The van der Waals surface area contributed by atoms with E-state index in [0.717, 1.165) is 16.5 Å². The van der Waals surface area contributed by atoms with Crippen LogP contribution in [0.25, 0.3) is 44.0 Å². The lowest BCUT2D eigenvalue weighted by Gasteiger charge is -2.05. The average Bonchev–Trinajstić information content (AvgIpc) is 3.13. The van der Waals surface area contributed by atoms with Crippen LogP contribution in [-0.4, -0.2) is 22.1 Å². The third kappa shape index (κ3) is 2.23. The van der Waals surface area contributed by atoms with E-state index < -0.39 is 5.82 Å². The number of halogens is 1. The number of benzene rings is 3. The van der Waals surface area contributed by atoms with Gasteiger partial charge in [0, 0.05) is 22.4 Å². The fraction of sp³-hybridized carbons (Fsp3) is 0.0476. The monoisotopic (exact) mass is 359 g/mol. The van der Waals surface area contributed by atoms with Gasteiger partial charge in [-0.3, -0.25) is 4.79 Å². The van der Waals surface area contributed by atoms with Gasteiger partial charge in [0.15, 0.2) is 0 Å².